The highest BCUT2D eigenvalue weighted by molar-refractivity contribution is 5.81. The molecule has 4 heteroatoms. The molecule has 4 nitrogen and oxygen atoms in total. The molecule has 2 rings (SSSR count). The van der Waals surface area contributed by atoms with Crippen molar-refractivity contribution < 1.29 is 9.53 Å². The summed E-state index contributed by atoms with van der Waals surface area (Å²) in [5.41, 5.74) is 0. The van der Waals surface area contributed by atoms with Gasteiger partial charge < -0.3 is 15.4 Å². The van der Waals surface area contributed by atoms with Crippen LogP contribution in [0.3, 0.4) is 0 Å². The van der Waals surface area contributed by atoms with E-state index in [-0.39, 0.29) is 17.9 Å². The number of hydrogen-bond donors (Lipinski definition) is 2. The van der Waals surface area contributed by atoms with Gasteiger partial charge in [-0.25, -0.2) is 0 Å². The van der Waals surface area contributed by atoms with Gasteiger partial charge in [-0.1, -0.05) is 0 Å². The molecule has 3 atom stereocenters. The zero-order valence-electron chi connectivity index (χ0n) is 10.00. The van der Waals surface area contributed by atoms with Crippen molar-refractivity contribution in [3.8, 4) is 0 Å². The van der Waals surface area contributed by atoms with Crippen molar-refractivity contribution >= 4 is 5.91 Å². The lowest BCUT2D eigenvalue weighted by atomic mass is 10.1. The molecule has 92 valence electrons. The summed E-state index contributed by atoms with van der Waals surface area (Å²) in [6.45, 7) is 5.75. The highest BCUT2D eigenvalue weighted by atomic mass is 16.5. The molecule has 1 saturated carbocycles. The highest BCUT2D eigenvalue weighted by Gasteiger charge is 2.43. The summed E-state index contributed by atoms with van der Waals surface area (Å²) < 4.78 is 5.40. The first-order chi connectivity index (χ1) is 7.81. The molecule has 16 heavy (non-hydrogen) atoms. The molecule has 1 amide bonds. The van der Waals surface area contributed by atoms with Gasteiger partial charge in [0.15, 0.2) is 0 Å². The molecule has 2 N–H and O–H groups in total. The van der Waals surface area contributed by atoms with Crippen LogP contribution in [0.2, 0.25) is 0 Å². The van der Waals surface area contributed by atoms with E-state index < -0.39 is 0 Å². The molecule has 1 aliphatic heterocycles. The van der Waals surface area contributed by atoms with Crippen molar-refractivity contribution in [2.24, 2.45) is 11.8 Å². The van der Waals surface area contributed by atoms with Gasteiger partial charge in [-0.15, -0.1) is 0 Å². The van der Waals surface area contributed by atoms with Gasteiger partial charge in [0.05, 0.1) is 12.0 Å². The molecule has 0 bridgehead atoms. The topological polar surface area (TPSA) is 50.4 Å². The fraction of sp³-hybridized carbons (Fsp3) is 0.917. The van der Waals surface area contributed by atoms with Gasteiger partial charge in [0.25, 0.3) is 0 Å². The third-order valence-corrected chi connectivity index (χ3v) is 3.46. The second kappa shape index (κ2) is 5.64. The van der Waals surface area contributed by atoms with Gasteiger partial charge in [0.2, 0.25) is 5.91 Å². The molecule has 0 aromatic rings. The molecular weight excluding hydrogens is 204 g/mol. The second-order valence-corrected chi connectivity index (χ2v) is 4.77. The lowest BCUT2D eigenvalue weighted by Crippen LogP contribution is -2.29. The number of hydrogen-bond acceptors (Lipinski definition) is 3. The number of carbonyl (C=O) groups excluding carboxylic acids is 1. The van der Waals surface area contributed by atoms with Crippen LogP contribution in [-0.2, 0) is 9.53 Å². The van der Waals surface area contributed by atoms with Gasteiger partial charge in [-0.05, 0) is 45.2 Å². The molecule has 1 saturated heterocycles. The van der Waals surface area contributed by atoms with Crippen LogP contribution in [0.15, 0.2) is 0 Å². The lowest BCUT2D eigenvalue weighted by Gasteiger charge is -2.09. The third kappa shape index (κ3) is 3.19. The first-order valence-corrected chi connectivity index (χ1v) is 6.41. The van der Waals surface area contributed by atoms with Crippen molar-refractivity contribution in [1.29, 1.82) is 0 Å². The smallest absolute Gasteiger partial charge is 0.225 e. The first-order valence-electron chi connectivity index (χ1n) is 6.41. The van der Waals surface area contributed by atoms with Gasteiger partial charge >= 0.3 is 0 Å². The summed E-state index contributed by atoms with van der Waals surface area (Å²) in [5.74, 6) is 1.06. The molecule has 3 unspecified atom stereocenters. The van der Waals surface area contributed by atoms with Gasteiger partial charge in [-0.2, -0.15) is 0 Å². The van der Waals surface area contributed by atoms with E-state index in [2.05, 4.69) is 10.6 Å². The minimum Gasteiger partial charge on any atom is -0.378 e. The number of ether oxygens (including phenoxy) is 1. The lowest BCUT2D eigenvalue weighted by molar-refractivity contribution is -0.123. The van der Waals surface area contributed by atoms with E-state index in [0.717, 1.165) is 38.4 Å². The molecule has 0 aromatic heterocycles. The first kappa shape index (κ1) is 11.9. The molecule has 2 aliphatic rings. The minimum absolute atomic E-state index is 0.127. The van der Waals surface area contributed by atoms with E-state index in [1.807, 2.05) is 6.92 Å². The normalized spacial score (nSPS) is 32.7. The van der Waals surface area contributed by atoms with Crippen LogP contribution in [0, 0.1) is 11.8 Å². The summed E-state index contributed by atoms with van der Waals surface area (Å²) in [4.78, 5) is 11.7. The van der Waals surface area contributed by atoms with Crippen LogP contribution in [-0.4, -0.2) is 38.3 Å². The van der Waals surface area contributed by atoms with Crippen molar-refractivity contribution in [2.45, 2.75) is 32.3 Å². The van der Waals surface area contributed by atoms with Gasteiger partial charge in [0.1, 0.15) is 0 Å². The predicted octanol–water partition coefficient (Wildman–Crippen LogP) is 0.527. The zero-order chi connectivity index (χ0) is 11.4. The average Bonchev–Trinajstić information content (AvgIpc) is 2.85. The Balaban J connectivity index is 1.54. The third-order valence-electron chi connectivity index (χ3n) is 3.46. The summed E-state index contributed by atoms with van der Waals surface area (Å²) in [5, 5.41) is 6.35. The van der Waals surface area contributed by atoms with Crippen LogP contribution in [0.25, 0.3) is 0 Å². The van der Waals surface area contributed by atoms with E-state index in [1.165, 1.54) is 6.42 Å². The van der Waals surface area contributed by atoms with Gasteiger partial charge in [0, 0.05) is 13.2 Å². The van der Waals surface area contributed by atoms with Crippen LogP contribution >= 0.6 is 0 Å². The van der Waals surface area contributed by atoms with Crippen molar-refractivity contribution in [2.75, 3.05) is 26.2 Å². The second-order valence-electron chi connectivity index (χ2n) is 4.77. The zero-order valence-corrected chi connectivity index (χ0v) is 10.00. The van der Waals surface area contributed by atoms with E-state index >= 15 is 0 Å². The van der Waals surface area contributed by atoms with E-state index in [0.29, 0.717) is 6.61 Å². The van der Waals surface area contributed by atoms with Gasteiger partial charge in [-0.3, -0.25) is 4.79 Å². The predicted molar refractivity (Wildman–Crippen MR) is 62.1 cm³/mol. The Kier molecular flexibility index (Phi) is 4.18. The SMILES string of the molecule is CCOC1CC1C(=O)NCCC1CCNC1. The number of rotatable bonds is 6. The Morgan fingerprint density at radius 3 is 3.12 bits per heavy atom. The largest absolute Gasteiger partial charge is 0.378 e. The van der Waals surface area contributed by atoms with E-state index in [9.17, 15) is 4.79 Å². The summed E-state index contributed by atoms with van der Waals surface area (Å²) in [6, 6.07) is 0. The fourth-order valence-corrected chi connectivity index (χ4v) is 2.34. The monoisotopic (exact) mass is 226 g/mol. The molecule has 0 radical (unpaired) electrons. The summed E-state index contributed by atoms with van der Waals surface area (Å²) in [7, 11) is 0. The molecule has 1 heterocycles. The maximum Gasteiger partial charge on any atom is 0.225 e. The van der Waals surface area contributed by atoms with Crippen LogP contribution < -0.4 is 10.6 Å². The number of amides is 1. The standard InChI is InChI=1S/C12H22N2O2/c1-2-16-11-7-10(11)12(15)14-6-4-9-3-5-13-8-9/h9-11,13H,2-8H2,1H3,(H,14,15). The summed E-state index contributed by atoms with van der Waals surface area (Å²) >= 11 is 0. The van der Waals surface area contributed by atoms with Crippen molar-refractivity contribution in [3.05, 3.63) is 0 Å². The number of nitrogens with one attached hydrogen (secondary N) is 2. The maximum absolute atomic E-state index is 11.7. The van der Waals surface area contributed by atoms with Crippen LogP contribution in [0.4, 0.5) is 0 Å². The molecular formula is C12H22N2O2. The molecule has 0 aromatic carbocycles. The van der Waals surface area contributed by atoms with Crippen molar-refractivity contribution in [1.82, 2.24) is 10.6 Å². The van der Waals surface area contributed by atoms with E-state index in [4.69, 9.17) is 4.74 Å². The Morgan fingerprint density at radius 2 is 2.44 bits per heavy atom. The Labute approximate surface area is 97.1 Å². The fourth-order valence-electron chi connectivity index (χ4n) is 2.34. The van der Waals surface area contributed by atoms with Crippen LogP contribution in [0.5, 0.6) is 0 Å². The van der Waals surface area contributed by atoms with E-state index in [1.54, 1.807) is 0 Å². The Morgan fingerprint density at radius 1 is 1.56 bits per heavy atom. The molecule has 2 fully saturated rings. The number of carbonyl (C=O) groups is 1. The highest BCUT2D eigenvalue weighted by Crippen LogP contribution is 2.33. The Hall–Kier alpha value is -0.610. The minimum atomic E-state index is 0.127. The Bertz CT molecular complexity index is 239. The van der Waals surface area contributed by atoms with Crippen LogP contribution in [0.1, 0.15) is 26.2 Å². The average molecular weight is 226 g/mol. The van der Waals surface area contributed by atoms with Crippen molar-refractivity contribution in [3.63, 3.8) is 0 Å². The molecule has 0 spiro atoms. The quantitative estimate of drug-likeness (QED) is 0.694. The summed E-state index contributed by atoms with van der Waals surface area (Å²) in [6.07, 6.45) is 3.45. The molecule has 1 aliphatic carbocycles. The maximum atomic E-state index is 11.7.